The summed E-state index contributed by atoms with van der Waals surface area (Å²) in [5, 5.41) is 0.131. The molecule has 1 saturated heterocycles. The summed E-state index contributed by atoms with van der Waals surface area (Å²) in [4.78, 5) is 34.8. The van der Waals surface area contributed by atoms with Crippen molar-refractivity contribution in [1.82, 2.24) is 24.0 Å². The maximum absolute atomic E-state index is 12.8. The number of unbranched alkanes of at least 4 members (excludes halogenated alkanes) is 2. The number of imidazole rings is 1. The molecule has 1 fully saturated rings. The van der Waals surface area contributed by atoms with Gasteiger partial charge in [0.1, 0.15) is 0 Å². The number of aromatic nitrogens is 4. The zero-order valence-corrected chi connectivity index (χ0v) is 15.9. The average molecular weight is 384 g/mol. The Morgan fingerprint density at radius 2 is 1.77 bits per heavy atom. The van der Waals surface area contributed by atoms with E-state index in [1.54, 1.807) is 4.57 Å². The minimum Gasteiger partial charge on any atom is -0.379 e. The first-order valence-electron chi connectivity index (χ1n) is 9.30. The standard InChI is InChI=1S/C17H26ClN5O3/c1-2-3-7-22-14-13(19-16(18)20-14)15(24)23(17(22)25)8-5-4-6-21-9-11-26-12-10-21/h2-12H2,1H3,(H,19,20). The van der Waals surface area contributed by atoms with E-state index >= 15 is 0 Å². The molecule has 3 heterocycles. The molecule has 2 aromatic rings. The van der Waals surface area contributed by atoms with Crippen molar-refractivity contribution in [2.24, 2.45) is 0 Å². The quantitative estimate of drug-likeness (QED) is 0.551. The van der Waals surface area contributed by atoms with Gasteiger partial charge >= 0.3 is 5.69 Å². The van der Waals surface area contributed by atoms with Crippen molar-refractivity contribution >= 4 is 22.8 Å². The lowest BCUT2D eigenvalue weighted by Gasteiger charge is -2.26. The van der Waals surface area contributed by atoms with Gasteiger partial charge in [0.25, 0.3) is 5.56 Å². The highest BCUT2D eigenvalue weighted by molar-refractivity contribution is 6.28. The average Bonchev–Trinajstić information content (AvgIpc) is 3.03. The predicted molar refractivity (Wildman–Crippen MR) is 101 cm³/mol. The van der Waals surface area contributed by atoms with Crippen LogP contribution in [0.1, 0.15) is 32.6 Å². The van der Waals surface area contributed by atoms with Crippen molar-refractivity contribution in [1.29, 1.82) is 0 Å². The largest absolute Gasteiger partial charge is 0.379 e. The highest BCUT2D eigenvalue weighted by atomic mass is 35.5. The monoisotopic (exact) mass is 383 g/mol. The summed E-state index contributed by atoms with van der Waals surface area (Å²) in [6.07, 6.45) is 3.50. The number of morpholine rings is 1. The van der Waals surface area contributed by atoms with E-state index in [4.69, 9.17) is 16.3 Å². The lowest BCUT2D eigenvalue weighted by molar-refractivity contribution is 0.0370. The van der Waals surface area contributed by atoms with E-state index in [9.17, 15) is 9.59 Å². The van der Waals surface area contributed by atoms with Gasteiger partial charge in [-0.25, -0.2) is 4.79 Å². The van der Waals surface area contributed by atoms with Gasteiger partial charge in [0, 0.05) is 26.2 Å². The fourth-order valence-electron chi connectivity index (χ4n) is 3.28. The van der Waals surface area contributed by atoms with E-state index in [0.717, 1.165) is 58.5 Å². The number of hydrogen-bond donors (Lipinski definition) is 1. The van der Waals surface area contributed by atoms with Crippen LogP contribution in [0.5, 0.6) is 0 Å². The second-order valence-electron chi connectivity index (χ2n) is 6.63. The Morgan fingerprint density at radius 1 is 1.08 bits per heavy atom. The highest BCUT2D eigenvalue weighted by Crippen LogP contribution is 2.10. The van der Waals surface area contributed by atoms with Crippen molar-refractivity contribution in [3.05, 3.63) is 26.1 Å². The molecule has 0 aliphatic carbocycles. The molecule has 3 rings (SSSR count). The summed E-state index contributed by atoms with van der Waals surface area (Å²) in [6, 6.07) is 0. The topological polar surface area (TPSA) is 85.2 Å². The normalized spacial score (nSPS) is 15.8. The summed E-state index contributed by atoms with van der Waals surface area (Å²) in [5.74, 6) is 0. The number of aryl methyl sites for hydroxylation is 1. The Bertz CT molecular complexity index is 850. The highest BCUT2D eigenvalue weighted by Gasteiger charge is 2.17. The van der Waals surface area contributed by atoms with E-state index in [2.05, 4.69) is 21.8 Å². The van der Waals surface area contributed by atoms with Crippen molar-refractivity contribution in [2.75, 3.05) is 32.8 Å². The van der Waals surface area contributed by atoms with E-state index in [1.807, 2.05) is 0 Å². The Morgan fingerprint density at radius 3 is 2.50 bits per heavy atom. The van der Waals surface area contributed by atoms with Gasteiger partial charge in [-0.15, -0.1) is 0 Å². The fraction of sp³-hybridized carbons (Fsp3) is 0.706. The van der Waals surface area contributed by atoms with Crippen LogP contribution in [-0.2, 0) is 17.8 Å². The van der Waals surface area contributed by atoms with E-state index in [-0.39, 0.29) is 16.5 Å². The summed E-state index contributed by atoms with van der Waals surface area (Å²) in [5.41, 5.74) is 0.0101. The summed E-state index contributed by atoms with van der Waals surface area (Å²) in [7, 11) is 0. The van der Waals surface area contributed by atoms with Crippen LogP contribution in [0.25, 0.3) is 11.2 Å². The predicted octanol–water partition coefficient (Wildman–Crippen LogP) is 1.45. The number of fused-ring (bicyclic) bond motifs is 1. The fourth-order valence-corrected chi connectivity index (χ4v) is 3.46. The molecule has 1 N–H and O–H groups in total. The number of ether oxygens (including phenoxy) is 1. The molecule has 0 atom stereocenters. The molecular weight excluding hydrogens is 358 g/mol. The zero-order chi connectivity index (χ0) is 18.5. The van der Waals surface area contributed by atoms with Gasteiger partial charge in [-0.05, 0) is 37.4 Å². The molecule has 26 heavy (non-hydrogen) atoms. The van der Waals surface area contributed by atoms with E-state index < -0.39 is 0 Å². The molecule has 8 nitrogen and oxygen atoms in total. The molecule has 0 radical (unpaired) electrons. The number of nitrogens with one attached hydrogen (secondary N) is 1. The van der Waals surface area contributed by atoms with Crippen LogP contribution in [0, 0.1) is 0 Å². The van der Waals surface area contributed by atoms with Gasteiger partial charge in [0.2, 0.25) is 5.28 Å². The maximum atomic E-state index is 12.8. The van der Waals surface area contributed by atoms with Gasteiger partial charge < -0.3 is 9.72 Å². The third-order valence-corrected chi connectivity index (χ3v) is 4.96. The van der Waals surface area contributed by atoms with Gasteiger partial charge in [0.15, 0.2) is 11.2 Å². The Hall–Kier alpha value is -1.64. The smallest absolute Gasteiger partial charge is 0.332 e. The van der Waals surface area contributed by atoms with Crippen LogP contribution in [0.2, 0.25) is 5.28 Å². The molecule has 0 bridgehead atoms. The number of halogens is 1. The Kier molecular flexibility index (Phi) is 6.50. The van der Waals surface area contributed by atoms with Crippen LogP contribution in [-0.4, -0.2) is 56.9 Å². The number of nitrogens with zero attached hydrogens (tertiary/aromatic N) is 4. The van der Waals surface area contributed by atoms with Gasteiger partial charge in [-0.1, -0.05) is 13.3 Å². The second kappa shape index (κ2) is 8.83. The zero-order valence-electron chi connectivity index (χ0n) is 15.2. The van der Waals surface area contributed by atoms with Gasteiger partial charge in [0.05, 0.1) is 13.2 Å². The first kappa shape index (κ1) is 19.1. The Balaban J connectivity index is 1.76. The van der Waals surface area contributed by atoms with Crippen molar-refractivity contribution < 1.29 is 4.74 Å². The molecule has 144 valence electrons. The molecule has 1 aliphatic heterocycles. The molecule has 9 heteroatoms. The third kappa shape index (κ3) is 4.19. The minimum atomic E-state index is -0.344. The van der Waals surface area contributed by atoms with E-state index in [0.29, 0.717) is 24.3 Å². The number of aromatic amines is 1. The van der Waals surface area contributed by atoms with Crippen molar-refractivity contribution in [3.8, 4) is 0 Å². The summed E-state index contributed by atoms with van der Waals surface area (Å²) in [6.45, 7) is 7.39. The van der Waals surface area contributed by atoms with Crippen LogP contribution in [0.3, 0.4) is 0 Å². The first-order valence-corrected chi connectivity index (χ1v) is 9.68. The van der Waals surface area contributed by atoms with Gasteiger partial charge in [-0.2, -0.15) is 4.98 Å². The molecule has 0 saturated carbocycles. The number of rotatable bonds is 8. The maximum Gasteiger partial charge on any atom is 0.332 e. The molecule has 0 unspecified atom stereocenters. The van der Waals surface area contributed by atoms with Crippen LogP contribution in [0.15, 0.2) is 9.59 Å². The summed E-state index contributed by atoms with van der Waals surface area (Å²) >= 11 is 5.93. The first-order chi connectivity index (χ1) is 12.6. The third-order valence-electron chi connectivity index (χ3n) is 4.78. The Labute approximate surface area is 156 Å². The lowest BCUT2D eigenvalue weighted by atomic mass is 10.2. The van der Waals surface area contributed by atoms with Gasteiger partial charge in [-0.3, -0.25) is 18.8 Å². The van der Waals surface area contributed by atoms with Crippen molar-refractivity contribution in [2.45, 2.75) is 45.7 Å². The minimum absolute atomic E-state index is 0.131. The molecule has 0 amide bonds. The van der Waals surface area contributed by atoms with Crippen LogP contribution < -0.4 is 11.2 Å². The van der Waals surface area contributed by atoms with Crippen LogP contribution >= 0.6 is 11.6 Å². The molecule has 0 spiro atoms. The molecular formula is C17H26ClN5O3. The SMILES string of the molecule is CCCCn1c(=O)n(CCCCN2CCOCC2)c(=O)c2[nH]c(Cl)nc21. The number of H-pyrrole nitrogens is 1. The number of hydrogen-bond acceptors (Lipinski definition) is 5. The van der Waals surface area contributed by atoms with Crippen molar-refractivity contribution in [3.63, 3.8) is 0 Å². The van der Waals surface area contributed by atoms with E-state index in [1.165, 1.54) is 4.57 Å². The van der Waals surface area contributed by atoms with Crippen LogP contribution in [0.4, 0.5) is 0 Å². The molecule has 2 aromatic heterocycles. The summed E-state index contributed by atoms with van der Waals surface area (Å²) < 4.78 is 8.22. The molecule has 1 aliphatic rings. The second-order valence-corrected chi connectivity index (χ2v) is 6.99. The molecule has 0 aromatic carbocycles. The lowest BCUT2D eigenvalue weighted by Crippen LogP contribution is -2.40.